The number of para-hydroxylation sites is 1. The number of furan rings is 1. The second kappa shape index (κ2) is 6.30. The highest BCUT2D eigenvalue weighted by Gasteiger charge is 2.15. The number of primary sulfonamides is 1. The van der Waals surface area contributed by atoms with Gasteiger partial charge in [0.25, 0.3) is 10.0 Å². The van der Waals surface area contributed by atoms with Crippen molar-refractivity contribution in [1.82, 2.24) is 5.32 Å². The number of nitrogens with two attached hydrogens (primary N) is 1. The summed E-state index contributed by atoms with van der Waals surface area (Å²) in [6, 6.07) is 10.6. The van der Waals surface area contributed by atoms with Gasteiger partial charge in [0.2, 0.25) is 5.09 Å². The van der Waals surface area contributed by atoms with Gasteiger partial charge in [0, 0.05) is 11.6 Å². The van der Waals surface area contributed by atoms with E-state index in [1.165, 1.54) is 6.07 Å². The third-order valence-electron chi connectivity index (χ3n) is 3.11. The van der Waals surface area contributed by atoms with Gasteiger partial charge in [0.15, 0.2) is 0 Å². The summed E-state index contributed by atoms with van der Waals surface area (Å²) in [5.74, 6) is 1.29. The average molecular weight is 310 g/mol. The lowest BCUT2D eigenvalue weighted by Crippen LogP contribution is -2.18. The van der Waals surface area contributed by atoms with Crippen molar-refractivity contribution >= 4 is 10.0 Å². The molecule has 2 rings (SSSR count). The van der Waals surface area contributed by atoms with Crippen LogP contribution in [-0.2, 0) is 16.6 Å². The quantitative estimate of drug-likeness (QED) is 0.848. The van der Waals surface area contributed by atoms with E-state index in [4.69, 9.17) is 14.3 Å². The van der Waals surface area contributed by atoms with E-state index in [0.29, 0.717) is 12.3 Å². The van der Waals surface area contributed by atoms with Gasteiger partial charge in [-0.05, 0) is 25.1 Å². The van der Waals surface area contributed by atoms with Crippen LogP contribution in [0.5, 0.6) is 5.75 Å². The van der Waals surface area contributed by atoms with E-state index in [2.05, 4.69) is 5.32 Å². The van der Waals surface area contributed by atoms with Crippen molar-refractivity contribution in [2.24, 2.45) is 5.14 Å². The Morgan fingerprint density at radius 3 is 2.62 bits per heavy atom. The number of hydrogen-bond donors (Lipinski definition) is 2. The molecule has 7 heteroatoms. The van der Waals surface area contributed by atoms with Crippen LogP contribution in [0.4, 0.5) is 0 Å². The Bertz CT molecular complexity index is 709. The van der Waals surface area contributed by atoms with Gasteiger partial charge in [-0.25, -0.2) is 13.6 Å². The minimum absolute atomic E-state index is 0.0178. The molecule has 0 saturated carbocycles. The molecule has 3 N–H and O–H groups in total. The molecule has 0 aliphatic carbocycles. The van der Waals surface area contributed by atoms with Crippen LogP contribution in [0, 0.1) is 0 Å². The van der Waals surface area contributed by atoms with Gasteiger partial charge in [-0.15, -0.1) is 0 Å². The zero-order valence-corrected chi connectivity index (χ0v) is 12.7. The van der Waals surface area contributed by atoms with Crippen molar-refractivity contribution in [3.63, 3.8) is 0 Å². The van der Waals surface area contributed by atoms with E-state index >= 15 is 0 Å². The van der Waals surface area contributed by atoms with Crippen LogP contribution in [-0.4, -0.2) is 15.5 Å². The monoisotopic (exact) mass is 310 g/mol. The molecule has 0 spiro atoms. The van der Waals surface area contributed by atoms with Crippen LogP contribution < -0.4 is 15.2 Å². The van der Waals surface area contributed by atoms with Gasteiger partial charge in [-0.1, -0.05) is 18.2 Å². The van der Waals surface area contributed by atoms with Crippen LogP contribution in [0.2, 0.25) is 0 Å². The molecule has 1 aromatic heterocycles. The molecule has 0 fully saturated rings. The van der Waals surface area contributed by atoms with Crippen molar-refractivity contribution in [1.29, 1.82) is 0 Å². The van der Waals surface area contributed by atoms with Crippen LogP contribution in [0.25, 0.3) is 0 Å². The molecule has 1 aromatic carbocycles. The van der Waals surface area contributed by atoms with Crippen LogP contribution in [0.3, 0.4) is 0 Å². The van der Waals surface area contributed by atoms with Crippen molar-refractivity contribution in [3.05, 3.63) is 47.7 Å². The maximum Gasteiger partial charge on any atom is 0.271 e. The highest BCUT2D eigenvalue weighted by Crippen LogP contribution is 2.24. The summed E-state index contributed by atoms with van der Waals surface area (Å²) in [6.07, 6.45) is 0. The Labute approximate surface area is 124 Å². The maximum absolute atomic E-state index is 11.1. The van der Waals surface area contributed by atoms with Gasteiger partial charge in [0.05, 0.1) is 13.7 Å². The minimum atomic E-state index is -3.80. The fraction of sp³-hybridized carbons (Fsp3) is 0.286. The van der Waals surface area contributed by atoms with Crippen LogP contribution >= 0.6 is 0 Å². The second-order valence-electron chi connectivity index (χ2n) is 4.61. The van der Waals surface area contributed by atoms with Gasteiger partial charge in [0.1, 0.15) is 11.5 Å². The zero-order chi connectivity index (χ0) is 15.5. The highest BCUT2D eigenvalue weighted by molar-refractivity contribution is 7.89. The molecular formula is C14H18N2O4S. The summed E-state index contributed by atoms with van der Waals surface area (Å²) < 4.78 is 32.8. The molecule has 2 aromatic rings. The second-order valence-corrected chi connectivity index (χ2v) is 6.10. The van der Waals surface area contributed by atoms with Crippen molar-refractivity contribution in [2.75, 3.05) is 7.11 Å². The third kappa shape index (κ3) is 3.84. The van der Waals surface area contributed by atoms with Crippen molar-refractivity contribution in [3.8, 4) is 5.75 Å². The van der Waals surface area contributed by atoms with E-state index in [-0.39, 0.29) is 11.1 Å². The van der Waals surface area contributed by atoms with Gasteiger partial charge in [-0.2, -0.15) is 0 Å². The topological polar surface area (TPSA) is 94.6 Å². The fourth-order valence-electron chi connectivity index (χ4n) is 1.99. The predicted octanol–water partition coefficient (Wildman–Crippen LogP) is 1.79. The Kier molecular flexibility index (Phi) is 4.66. The first-order valence-corrected chi connectivity index (χ1v) is 7.94. The molecule has 0 radical (unpaired) electrons. The molecule has 1 heterocycles. The maximum atomic E-state index is 11.1. The molecule has 0 aliphatic rings. The Hall–Kier alpha value is -1.83. The summed E-state index contributed by atoms with van der Waals surface area (Å²) in [6.45, 7) is 2.37. The molecule has 0 saturated heterocycles. The van der Waals surface area contributed by atoms with E-state index in [9.17, 15) is 8.42 Å². The normalized spacial score (nSPS) is 13.1. The lowest BCUT2D eigenvalue weighted by Gasteiger charge is -2.16. The molecule has 1 atom stereocenters. The van der Waals surface area contributed by atoms with Gasteiger partial charge < -0.3 is 14.5 Å². The summed E-state index contributed by atoms with van der Waals surface area (Å²) in [5.41, 5.74) is 1.01. The average Bonchev–Trinajstić information content (AvgIpc) is 2.93. The molecule has 21 heavy (non-hydrogen) atoms. The molecule has 0 amide bonds. The molecule has 114 valence electrons. The molecular weight excluding hydrogens is 292 g/mol. The first kappa shape index (κ1) is 15.6. The highest BCUT2D eigenvalue weighted by atomic mass is 32.2. The standard InChI is InChI=1S/C14H18N2O4S/c1-10(12-5-3-4-6-13(12)19-2)16-9-11-7-8-14(20-11)21(15,17)18/h3-8,10,16H,9H2,1-2H3,(H2,15,17,18). The van der Waals surface area contributed by atoms with E-state index in [0.717, 1.165) is 11.3 Å². The molecule has 0 aliphatic heterocycles. The van der Waals surface area contributed by atoms with Gasteiger partial charge >= 0.3 is 0 Å². The van der Waals surface area contributed by atoms with Crippen molar-refractivity contribution in [2.45, 2.75) is 24.6 Å². The predicted molar refractivity (Wildman–Crippen MR) is 78.3 cm³/mol. The summed E-state index contributed by atoms with van der Waals surface area (Å²) in [5, 5.41) is 8.01. The SMILES string of the molecule is COc1ccccc1C(C)NCc1ccc(S(N)(=O)=O)o1. The summed E-state index contributed by atoms with van der Waals surface area (Å²) >= 11 is 0. The third-order valence-corrected chi connectivity index (χ3v) is 3.89. The van der Waals surface area contributed by atoms with Gasteiger partial charge in [-0.3, -0.25) is 0 Å². The van der Waals surface area contributed by atoms with E-state index in [1.807, 2.05) is 31.2 Å². The minimum Gasteiger partial charge on any atom is -0.496 e. The summed E-state index contributed by atoms with van der Waals surface area (Å²) in [7, 11) is -2.18. The Morgan fingerprint density at radius 1 is 1.29 bits per heavy atom. The number of hydrogen-bond acceptors (Lipinski definition) is 5. The zero-order valence-electron chi connectivity index (χ0n) is 11.9. The lowest BCUT2D eigenvalue weighted by molar-refractivity contribution is 0.383. The smallest absolute Gasteiger partial charge is 0.271 e. The number of methoxy groups -OCH3 is 1. The fourth-order valence-corrected chi connectivity index (χ4v) is 2.47. The number of nitrogens with one attached hydrogen (secondary N) is 1. The first-order valence-electron chi connectivity index (χ1n) is 6.39. The number of ether oxygens (including phenoxy) is 1. The van der Waals surface area contributed by atoms with Crippen LogP contribution in [0.15, 0.2) is 45.9 Å². The Balaban J connectivity index is 2.04. The lowest BCUT2D eigenvalue weighted by atomic mass is 10.1. The van der Waals surface area contributed by atoms with Crippen LogP contribution in [0.1, 0.15) is 24.3 Å². The molecule has 1 unspecified atom stereocenters. The van der Waals surface area contributed by atoms with E-state index < -0.39 is 10.0 Å². The number of rotatable bonds is 6. The summed E-state index contributed by atoms with van der Waals surface area (Å²) in [4.78, 5) is 0. The largest absolute Gasteiger partial charge is 0.496 e. The number of benzene rings is 1. The number of sulfonamides is 1. The molecule has 6 nitrogen and oxygen atoms in total. The Morgan fingerprint density at radius 2 is 2.00 bits per heavy atom. The van der Waals surface area contributed by atoms with Crippen molar-refractivity contribution < 1.29 is 17.6 Å². The first-order chi connectivity index (χ1) is 9.91. The molecule has 0 bridgehead atoms. The van der Waals surface area contributed by atoms with E-state index in [1.54, 1.807) is 13.2 Å².